The van der Waals surface area contributed by atoms with E-state index in [0.717, 1.165) is 0 Å². The highest BCUT2D eigenvalue weighted by Crippen LogP contribution is 2.21. The smallest absolute Gasteiger partial charge is 0.140 e. The summed E-state index contributed by atoms with van der Waals surface area (Å²) >= 11 is 0. The van der Waals surface area contributed by atoms with Crippen molar-refractivity contribution in [3.63, 3.8) is 0 Å². The third-order valence-electron chi connectivity index (χ3n) is 2.22. The highest BCUT2D eigenvalue weighted by Gasteiger charge is 2.22. The maximum absolute atomic E-state index is 10.9. The summed E-state index contributed by atoms with van der Waals surface area (Å²) in [5, 5.41) is 9.69. The van der Waals surface area contributed by atoms with E-state index in [1.165, 1.54) is 0 Å². The van der Waals surface area contributed by atoms with Crippen molar-refractivity contribution in [2.24, 2.45) is 5.92 Å². The molecule has 0 radical (unpaired) electrons. The standard InChI is InChI=1S/C10H14O2/c1-3-10(12)6-4-9(5-7-10)8(2)11/h4-7,9,12H,3H2,1-2H3. The van der Waals surface area contributed by atoms with E-state index in [9.17, 15) is 9.90 Å². The molecule has 0 aliphatic heterocycles. The Morgan fingerprint density at radius 2 is 2.00 bits per heavy atom. The van der Waals surface area contributed by atoms with E-state index >= 15 is 0 Å². The van der Waals surface area contributed by atoms with Crippen LogP contribution in [0.25, 0.3) is 0 Å². The first-order valence-corrected chi connectivity index (χ1v) is 4.19. The second kappa shape index (κ2) is 3.23. The van der Waals surface area contributed by atoms with Crippen molar-refractivity contribution in [2.75, 3.05) is 0 Å². The molecule has 0 heterocycles. The summed E-state index contributed by atoms with van der Waals surface area (Å²) < 4.78 is 0. The van der Waals surface area contributed by atoms with Crippen LogP contribution in [0.2, 0.25) is 0 Å². The number of ketones is 1. The summed E-state index contributed by atoms with van der Waals surface area (Å²) in [6, 6.07) is 0. The fraction of sp³-hybridized carbons (Fsp3) is 0.500. The van der Waals surface area contributed by atoms with Gasteiger partial charge in [-0.25, -0.2) is 0 Å². The van der Waals surface area contributed by atoms with Gasteiger partial charge in [-0.3, -0.25) is 4.79 Å². The minimum Gasteiger partial charge on any atom is -0.382 e. The molecule has 0 bridgehead atoms. The molecule has 0 aromatic carbocycles. The van der Waals surface area contributed by atoms with Crippen molar-refractivity contribution in [3.05, 3.63) is 24.3 Å². The minimum atomic E-state index is -0.827. The van der Waals surface area contributed by atoms with E-state index in [0.29, 0.717) is 6.42 Å². The van der Waals surface area contributed by atoms with Gasteiger partial charge >= 0.3 is 0 Å². The van der Waals surface area contributed by atoms with Crippen LogP contribution in [-0.2, 0) is 4.79 Å². The van der Waals surface area contributed by atoms with Crippen molar-refractivity contribution >= 4 is 5.78 Å². The third-order valence-corrected chi connectivity index (χ3v) is 2.22. The largest absolute Gasteiger partial charge is 0.382 e. The molecular formula is C10H14O2. The van der Waals surface area contributed by atoms with E-state index in [1.807, 2.05) is 6.92 Å². The Kier molecular flexibility index (Phi) is 2.48. The second-order valence-corrected chi connectivity index (χ2v) is 3.20. The Morgan fingerprint density at radius 3 is 2.33 bits per heavy atom. The van der Waals surface area contributed by atoms with Crippen LogP contribution in [0, 0.1) is 5.92 Å². The fourth-order valence-corrected chi connectivity index (χ4v) is 1.17. The first kappa shape index (κ1) is 9.20. The molecule has 1 aliphatic carbocycles. The van der Waals surface area contributed by atoms with Crippen LogP contribution >= 0.6 is 0 Å². The number of aliphatic hydroxyl groups is 1. The molecule has 2 heteroatoms. The molecule has 1 aliphatic rings. The van der Waals surface area contributed by atoms with Gasteiger partial charge in [0.1, 0.15) is 11.4 Å². The molecule has 1 N–H and O–H groups in total. The summed E-state index contributed by atoms with van der Waals surface area (Å²) in [7, 11) is 0. The highest BCUT2D eigenvalue weighted by atomic mass is 16.3. The Morgan fingerprint density at radius 1 is 1.50 bits per heavy atom. The molecule has 0 saturated heterocycles. The van der Waals surface area contributed by atoms with Gasteiger partial charge in [-0.1, -0.05) is 31.2 Å². The van der Waals surface area contributed by atoms with Gasteiger partial charge in [-0.05, 0) is 13.3 Å². The van der Waals surface area contributed by atoms with Gasteiger partial charge in [0.15, 0.2) is 0 Å². The minimum absolute atomic E-state index is 0.112. The van der Waals surface area contributed by atoms with E-state index in [4.69, 9.17) is 0 Å². The molecule has 0 aromatic heterocycles. The van der Waals surface area contributed by atoms with Crippen LogP contribution in [-0.4, -0.2) is 16.5 Å². The number of hydrogen-bond donors (Lipinski definition) is 1. The van der Waals surface area contributed by atoms with Crippen molar-refractivity contribution in [3.8, 4) is 0 Å². The summed E-state index contributed by atoms with van der Waals surface area (Å²) in [5.74, 6) is -0.0301. The predicted octanol–water partition coefficient (Wildman–Crippen LogP) is 1.46. The highest BCUT2D eigenvalue weighted by molar-refractivity contribution is 5.82. The van der Waals surface area contributed by atoms with Crippen LogP contribution < -0.4 is 0 Å². The molecule has 0 unspecified atom stereocenters. The fourth-order valence-electron chi connectivity index (χ4n) is 1.17. The zero-order chi connectivity index (χ0) is 9.19. The van der Waals surface area contributed by atoms with Crippen LogP contribution in [0.5, 0.6) is 0 Å². The monoisotopic (exact) mass is 166 g/mol. The molecular weight excluding hydrogens is 152 g/mol. The molecule has 66 valence electrons. The van der Waals surface area contributed by atoms with Gasteiger partial charge < -0.3 is 5.11 Å². The Labute approximate surface area is 72.6 Å². The summed E-state index contributed by atoms with van der Waals surface area (Å²) in [5.41, 5.74) is -0.827. The molecule has 0 spiro atoms. The Hall–Kier alpha value is -0.890. The number of carbonyl (C=O) groups excluding carboxylic acids is 1. The quantitative estimate of drug-likeness (QED) is 0.630. The second-order valence-electron chi connectivity index (χ2n) is 3.20. The van der Waals surface area contributed by atoms with Crippen molar-refractivity contribution in [1.29, 1.82) is 0 Å². The van der Waals surface area contributed by atoms with Crippen molar-refractivity contribution in [1.82, 2.24) is 0 Å². The molecule has 12 heavy (non-hydrogen) atoms. The number of Topliss-reactive ketones (excluding diaryl/α,β-unsaturated/α-hetero) is 1. The Balaban J connectivity index is 2.72. The summed E-state index contributed by atoms with van der Waals surface area (Å²) in [4.78, 5) is 10.9. The zero-order valence-electron chi connectivity index (χ0n) is 7.45. The molecule has 0 atom stereocenters. The number of carbonyl (C=O) groups is 1. The van der Waals surface area contributed by atoms with Gasteiger partial charge in [0.2, 0.25) is 0 Å². The summed E-state index contributed by atoms with van der Waals surface area (Å²) in [6.07, 6.45) is 7.54. The van der Waals surface area contributed by atoms with Gasteiger partial charge in [0.25, 0.3) is 0 Å². The van der Waals surface area contributed by atoms with Crippen LogP contribution in [0.3, 0.4) is 0 Å². The van der Waals surface area contributed by atoms with Crippen LogP contribution in [0.4, 0.5) is 0 Å². The molecule has 0 fully saturated rings. The van der Waals surface area contributed by atoms with Crippen molar-refractivity contribution < 1.29 is 9.90 Å². The lowest BCUT2D eigenvalue weighted by Crippen LogP contribution is -2.25. The van der Waals surface area contributed by atoms with Gasteiger partial charge in [-0.2, -0.15) is 0 Å². The lowest BCUT2D eigenvalue weighted by atomic mass is 9.89. The maximum Gasteiger partial charge on any atom is 0.140 e. The van der Waals surface area contributed by atoms with Gasteiger partial charge in [0, 0.05) is 0 Å². The third kappa shape index (κ3) is 1.83. The van der Waals surface area contributed by atoms with E-state index in [-0.39, 0.29) is 11.7 Å². The van der Waals surface area contributed by atoms with Gasteiger partial charge in [-0.15, -0.1) is 0 Å². The average molecular weight is 166 g/mol. The number of hydrogen-bond acceptors (Lipinski definition) is 2. The molecule has 2 nitrogen and oxygen atoms in total. The maximum atomic E-state index is 10.9. The summed E-state index contributed by atoms with van der Waals surface area (Å²) in [6.45, 7) is 3.46. The van der Waals surface area contributed by atoms with Gasteiger partial charge in [0.05, 0.1) is 5.92 Å². The van der Waals surface area contributed by atoms with Crippen molar-refractivity contribution in [2.45, 2.75) is 25.9 Å². The molecule has 0 aromatic rings. The predicted molar refractivity (Wildman–Crippen MR) is 47.7 cm³/mol. The van der Waals surface area contributed by atoms with Crippen LogP contribution in [0.15, 0.2) is 24.3 Å². The average Bonchev–Trinajstić information content (AvgIpc) is 2.05. The number of rotatable bonds is 2. The molecule has 0 amide bonds. The van der Waals surface area contributed by atoms with E-state index in [1.54, 1.807) is 31.2 Å². The van der Waals surface area contributed by atoms with E-state index < -0.39 is 5.60 Å². The topological polar surface area (TPSA) is 37.3 Å². The SMILES string of the molecule is CCC1(O)C=CC(C(C)=O)C=C1. The lowest BCUT2D eigenvalue weighted by Gasteiger charge is -2.22. The first-order chi connectivity index (χ1) is 5.57. The lowest BCUT2D eigenvalue weighted by molar-refractivity contribution is -0.118. The first-order valence-electron chi connectivity index (χ1n) is 4.19. The Bertz CT molecular complexity index is 224. The molecule has 0 saturated carbocycles. The van der Waals surface area contributed by atoms with Crippen LogP contribution in [0.1, 0.15) is 20.3 Å². The number of allylic oxidation sites excluding steroid dienone is 2. The normalized spacial score (nSPS) is 33.8. The molecule has 1 rings (SSSR count). The van der Waals surface area contributed by atoms with E-state index in [2.05, 4.69) is 0 Å². The zero-order valence-corrected chi connectivity index (χ0v) is 7.45.